The fourth-order valence-corrected chi connectivity index (χ4v) is 3.91. The normalized spacial score (nSPS) is 23.9. The molecule has 1 aliphatic carbocycles. The summed E-state index contributed by atoms with van der Waals surface area (Å²) in [6.07, 6.45) is 8.30. The molecule has 0 aromatic rings. The molecule has 0 saturated heterocycles. The SMILES string of the molecule is CCCC(CCBr)CNC(=O)C1CCCCC1(C)C. The van der Waals surface area contributed by atoms with Gasteiger partial charge in [0, 0.05) is 17.8 Å². The van der Waals surface area contributed by atoms with Gasteiger partial charge in [-0.3, -0.25) is 4.79 Å². The second-order valence-electron chi connectivity index (χ2n) is 6.66. The highest BCUT2D eigenvalue weighted by Crippen LogP contribution is 2.40. The zero-order valence-corrected chi connectivity index (χ0v) is 14.4. The number of halogens is 1. The summed E-state index contributed by atoms with van der Waals surface area (Å²) in [6.45, 7) is 7.56. The monoisotopic (exact) mass is 331 g/mol. The molecule has 2 atom stereocenters. The van der Waals surface area contributed by atoms with E-state index in [1.165, 1.54) is 32.1 Å². The lowest BCUT2D eigenvalue weighted by molar-refractivity contribution is -0.130. The van der Waals surface area contributed by atoms with Gasteiger partial charge in [-0.15, -0.1) is 0 Å². The number of carbonyl (C=O) groups excluding carboxylic acids is 1. The molecule has 0 radical (unpaired) electrons. The molecular weight excluding hydrogens is 302 g/mol. The lowest BCUT2D eigenvalue weighted by atomic mass is 9.68. The minimum Gasteiger partial charge on any atom is -0.356 e. The van der Waals surface area contributed by atoms with Crippen molar-refractivity contribution < 1.29 is 4.79 Å². The van der Waals surface area contributed by atoms with Gasteiger partial charge in [-0.2, -0.15) is 0 Å². The van der Waals surface area contributed by atoms with Crippen LogP contribution in [0.4, 0.5) is 0 Å². The highest BCUT2D eigenvalue weighted by molar-refractivity contribution is 9.09. The van der Waals surface area contributed by atoms with Crippen molar-refractivity contribution in [2.75, 3.05) is 11.9 Å². The first-order chi connectivity index (χ1) is 9.01. The number of alkyl halides is 1. The Balaban J connectivity index is 2.44. The number of carbonyl (C=O) groups is 1. The third kappa shape index (κ3) is 5.45. The molecule has 0 aliphatic heterocycles. The molecule has 3 heteroatoms. The van der Waals surface area contributed by atoms with Crippen LogP contribution in [0.15, 0.2) is 0 Å². The highest BCUT2D eigenvalue weighted by atomic mass is 79.9. The first kappa shape index (κ1) is 17.0. The fraction of sp³-hybridized carbons (Fsp3) is 0.938. The Morgan fingerprint density at radius 3 is 2.68 bits per heavy atom. The zero-order valence-electron chi connectivity index (χ0n) is 12.8. The minimum atomic E-state index is 0.179. The quantitative estimate of drug-likeness (QED) is 0.682. The summed E-state index contributed by atoms with van der Waals surface area (Å²) in [5.41, 5.74) is 0.179. The highest BCUT2D eigenvalue weighted by Gasteiger charge is 2.36. The number of rotatable bonds is 7. The topological polar surface area (TPSA) is 29.1 Å². The van der Waals surface area contributed by atoms with Gasteiger partial charge in [-0.05, 0) is 37.0 Å². The van der Waals surface area contributed by atoms with Crippen LogP contribution in [-0.4, -0.2) is 17.8 Å². The van der Waals surface area contributed by atoms with Gasteiger partial charge in [0.05, 0.1) is 0 Å². The van der Waals surface area contributed by atoms with Gasteiger partial charge in [0.2, 0.25) is 5.91 Å². The van der Waals surface area contributed by atoms with E-state index in [0.29, 0.717) is 11.8 Å². The average Bonchev–Trinajstić information content (AvgIpc) is 2.35. The average molecular weight is 332 g/mol. The number of amides is 1. The van der Waals surface area contributed by atoms with Gasteiger partial charge in [0.1, 0.15) is 0 Å². The van der Waals surface area contributed by atoms with Crippen molar-refractivity contribution in [3.8, 4) is 0 Å². The summed E-state index contributed by atoms with van der Waals surface area (Å²) in [6, 6.07) is 0. The van der Waals surface area contributed by atoms with Crippen LogP contribution in [0.2, 0.25) is 0 Å². The molecule has 1 rings (SSSR count). The predicted molar refractivity (Wildman–Crippen MR) is 85.6 cm³/mol. The van der Waals surface area contributed by atoms with Crippen LogP contribution in [0.1, 0.15) is 65.7 Å². The van der Waals surface area contributed by atoms with Crippen molar-refractivity contribution in [3.63, 3.8) is 0 Å². The Bertz CT molecular complexity index is 272. The molecular formula is C16H30BrNO. The minimum absolute atomic E-state index is 0.179. The van der Waals surface area contributed by atoms with E-state index in [1.807, 2.05) is 0 Å². The molecule has 19 heavy (non-hydrogen) atoms. The Labute approximate surface area is 127 Å². The molecule has 1 aliphatic rings. The van der Waals surface area contributed by atoms with Gasteiger partial charge in [-0.25, -0.2) is 0 Å². The second kappa shape index (κ2) is 8.28. The second-order valence-corrected chi connectivity index (χ2v) is 7.46. The maximum absolute atomic E-state index is 12.4. The molecule has 2 nitrogen and oxygen atoms in total. The summed E-state index contributed by atoms with van der Waals surface area (Å²) in [5.74, 6) is 1.13. The van der Waals surface area contributed by atoms with Crippen LogP contribution in [0.5, 0.6) is 0 Å². The van der Waals surface area contributed by atoms with E-state index in [-0.39, 0.29) is 11.3 Å². The van der Waals surface area contributed by atoms with Crippen molar-refractivity contribution in [1.82, 2.24) is 5.32 Å². The van der Waals surface area contributed by atoms with Crippen LogP contribution >= 0.6 is 15.9 Å². The largest absolute Gasteiger partial charge is 0.356 e. The van der Waals surface area contributed by atoms with Crippen molar-refractivity contribution in [2.24, 2.45) is 17.3 Å². The van der Waals surface area contributed by atoms with Crippen LogP contribution in [0, 0.1) is 17.3 Å². The van der Waals surface area contributed by atoms with E-state index in [9.17, 15) is 4.79 Å². The van der Waals surface area contributed by atoms with Crippen molar-refractivity contribution in [2.45, 2.75) is 65.7 Å². The third-order valence-corrected chi connectivity index (χ3v) is 5.06. The molecule has 0 aromatic carbocycles. The van der Waals surface area contributed by atoms with Gasteiger partial charge in [0.25, 0.3) is 0 Å². The van der Waals surface area contributed by atoms with Crippen LogP contribution in [-0.2, 0) is 4.79 Å². The van der Waals surface area contributed by atoms with Gasteiger partial charge in [0.15, 0.2) is 0 Å². The van der Waals surface area contributed by atoms with Gasteiger partial charge >= 0.3 is 0 Å². The number of hydrogen-bond donors (Lipinski definition) is 1. The van der Waals surface area contributed by atoms with E-state index < -0.39 is 0 Å². The lowest BCUT2D eigenvalue weighted by Gasteiger charge is -2.37. The standard InChI is InChI=1S/C16H30BrNO/c1-4-7-13(9-11-17)12-18-15(19)14-8-5-6-10-16(14,2)3/h13-14H,4-12H2,1-3H3,(H,18,19). The number of nitrogens with one attached hydrogen (secondary N) is 1. The Morgan fingerprint density at radius 2 is 2.11 bits per heavy atom. The first-order valence-electron chi connectivity index (χ1n) is 7.85. The lowest BCUT2D eigenvalue weighted by Crippen LogP contribution is -2.42. The van der Waals surface area contributed by atoms with Crippen molar-refractivity contribution in [1.29, 1.82) is 0 Å². The molecule has 1 N–H and O–H groups in total. The van der Waals surface area contributed by atoms with Crippen molar-refractivity contribution in [3.05, 3.63) is 0 Å². The van der Waals surface area contributed by atoms with E-state index in [1.54, 1.807) is 0 Å². The van der Waals surface area contributed by atoms with E-state index in [0.717, 1.165) is 24.7 Å². The molecule has 1 amide bonds. The molecule has 2 unspecified atom stereocenters. The van der Waals surface area contributed by atoms with Crippen LogP contribution in [0.25, 0.3) is 0 Å². The predicted octanol–water partition coefficient (Wildman–Crippen LogP) is 4.52. The van der Waals surface area contributed by atoms with Gasteiger partial charge in [-0.1, -0.05) is 56.0 Å². The summed E-state index contributed by atoms with van der Waals surface area (Å²) in [5, 5.41) is 4.25. The fourth-order valence-electron chi connectivity index (χ4n) is 3.26. The summed E-state index contributed by atoms with van der Waals surface area (Å²) >= 11 is 3.51. The smallest absolute Gasteiger partial charge is 0.223 e. The summed E-state index contributed by atoms with van der Waals surface area (Å²) in [4.78, 5) is 12.4. The van der Waals surface area contributed by atoms with Gasteiger partial charge < -0.3 is 5.32 Å². The molecule has 1 fully saturated rings. The van der Waals surface area contributed by atoms with Crippen LogP contribution in [0.3, 0.4) is 0 Å². The molecule has 0 spiro atoms. The Kier molecular flexibility index (Phi) is 7.41. The maximum Gasteiger partial charge on any atom is 0.223 e. The van der Waals surface area contributed by atoms with Crippen molar-refractivity contribution >= 4 is 21.8 Å². The summed E-state index contributed by atoms with van der Waals surface area (Å²) in [7, 11) is 0. The molecule has 1 saturated carbocycles. The zero-order chi connectivity index (χ0) is 14.3. The van der Waals surface area contributed by atoms with E-state index in [4.69, 9.17) is 0 Å². The number of hydrogen-bond acceptors (Lipinski definition) is 1. The van der Waals surface area contributed by atoms with Crippen LogP contribution < -0.4 is 5.32 Å². The van der Waals surface area contributed by atoms with E-state index in [2.05, 4.69) is 42.0 Å². The molecule has 0 bridgehead atoms. The third-order valence-electron chi connectivity index (χ3n) is 4.60. The Morgan fingerprint density at radius 1 is 1.37 bits per heavy atom. The maximum atomic E-state index is 12.4. The summed E-state index contributed by atoms with van der Waals surface area (Å²) < 4.78 is 0. The molecule has 0 aromatic heterocycles. The molecule has 112 valence electrons. The first-order valence-corrected chi connectivity index (χ1v) is 8.97. The molecule has 0 heterocycles. The Hall–Kier alpha value is -0.0500. The van der Waals surface area contributed by atoms with E-state index >= 15 is 0 Å².